The summed E-state index contributed by atoms with van der Waals surface area (Å²) >= 11 is 0. The van der Waals surface area contributed by atoms with Crippen molar-refractivity contribution in [1.82, 2.24) is 14.8 Å². The molecule has 0 amide bonds. The smallest absolute Gasteiger partial charge is 0.194 e. The Morgan fingerprint density at radius 3 is 2.57 bits per heavy atom. The van der Waals surface area contributed by atoms with Gasteiger partial charge < -0.3 is 24.3 Å². The topological polar surface area (TPSA) is 51.0 Å². The normalized spacial score (nSPS) is 11.2. The number of aliphatic imine (C=N–C) groups is 1. The van der Waals surface area contributed by atoms with Crippen LogP contribution in [0.25, 0.3) is 0 Å². The second-order valence-electron chi connectivity index (χ2n) is 6.44. The molecule has 0 fully saturated rings. The SMILES string of the molecule is CCOCCOCc1cccc(CNC(=NC)N(C)Cc2cccn2C)c1.I. The van der Waals surface area contributed by atoms with Gasteiger partial charge in [0, 0.05) is 46.2 Å². The highest BCUT2D eigenvalue weighted by Crippen LogP contribution is 2.08. The first-order valence-corrected chi connectivity index (χ1v) is 9.39. The average molecular weight is 500 g/mol. The van der Waals surface area contributed by atoms with Crippen LogP contribution in [-0.4, -0.2) is 49.3 Å². The predicted molar refractivity (Wildman–Crippen MR) is 125 cm³/mol. The van der Waals surface area contributed by atoms with E-state index in [1.54, 1.807) is 0 Å². The van der Waals surface area contributed by atoms with Crippen LogP contribution in [0.1, 0.15) is 23.7 Å². The van der Waals surface area contributed by atoms with Crippen LogP contribution in [0.3, 0.4) is 0 Å². The Hall–Kier alpha value is -1.58. The molecule has 0 spiro atoms. The van der Waals surface area contributed by atoms with E-state index in [-0.39, 0.29) is 24.0 Å². The van der Waals surface area contributed by atoms with Crippen LogP contribution in [0, 0.1) is 0 Å². The third-order valence-electron chi connectivity index (χ3n) is 4.31. The van der Waals surface area contributed by atoms with E-state index in [1.807, 2.05) is 21.0 Å². The number of hydrogen-bond acceptors (Lipinski definition) is 3. The van der Waals surface area contributed by atoms with Gasteiger partial charge in [-0.15, -0.1) is 24.0 Å². The van der Waals surface area contributed by atoms with E-state index in [4.69, 9.17) is 9.47 Å². The Balaban J connectivity index is 0.00000392. The van der Waals surface area contributed by atoms with E-state index in [9.17, 15) is 0 Å². The molecule has 0 aliphatic heterocycles. The van der Waals surface area contributed by atoms with Crippen molar-refractivity contribution in [2.75, 3.05) is 33.9 Å². The molecule has 0 saturated heterocycles. The summed E-state index contributed by atoms with van der Waals surface area (Å²) in [6.45, 7) is 6.09. The fraction of sp³-hybridized carbons (Fsp3) is 0.476. The van der Waals surface area contributed by atoms with Crippen molar-refractivity contribution in [2.24, 2.45) is 12.0 Å². The first-order valence-electron chi connectivity index (χ1n) is 9.39. The highest BCUT2D eigenvalue weighted by atomic mass is 127. The highest BCUT2D eigenvalue weighted by Gasteiger charge is 2.08. The summed E-state index contributed by atoms with van der Waals surface area (Å²) in [6, 6.07) is 12.6. The number of guanidine groups is 1. The molecule has 6 nitrogen and oxygen atoms in total. The highest BCUT2D eigenvalue weighted by molar-refractivity contribution is 14.0. The zero-order valence-electron chi connectivity index (χ0n) is 17.4. The van der Waals surface area contributed by atoms with Crippen molar-refractivity contribution in [3.8, 4) is 0 Å². The molecule has 2 aromatic rings. The largest absolute Gasteiger partial charge is 0.379 e. The van der Waals surface area contributed by atoms with Crippen LogP contribution in [0.5, 0.6) is 0 Å². The van der Waals surface area contributed by atoms with Crippen molar-refractivity contribution in [3.05, 3.63) is 59.4 Å². The van der Waals surface area contributed by atoms with Crippen LogP contribution < -0.4 is 5.32 Å². The molecule has 7 heteroatoms. The summed E-state index contributed by atoms with van der Waals surface area (Å²) in [5.41, 5.74) is 3.61. The molecular formula is C21H33IN4O2. The minimum atomic E-state index is 0. The maximum Gasteiger partial charge on any atom is 0.194 e. The molecular weight excluding hydrogens is 467 g/mol. The molecule has 156 valence electrons. The molecule has 1 aromatic heterocycles. The Morgan fingerprint density at radius 2 is 1.89 bits per heavy atom. The minimum absolute atomic E-state index is 0. The number of halogens is 1. The maximum atomic E-state index is 5.65. The molecule has 0 unspecified atom stereocenters. The molecule has 0 aliphatic rings. The van der Waals surface area contributed by atoms with E-state index < -0.39 is 0 Å². The van der Waals surface area contributed by atoms with Gasteiger partial charge in [-0.3, -0.25) is 4.99 Å². The fourth-order valence-electron chi connectivity index (χ4n) is 2.83. The van der Waals surface area contributed by atoms with Crippen molar-refractivity contribution in [1.29, 1.82) is 0 Å². The molecule has 0 bridgehead atoms. The molecule has 0 atom stereocenters. The van der Waals surface area contributed by atoms with Gasteiger partial charge in [-0.1, -0.05) is 24.3 Å². The summed E-state index contributed by atoms with van der Waals surface area (Å²) in [6.07, 6.45) is 2.06. The standard InChI is InChI=1S/C21H32N4O2.HI/c1-5-26-12-13-27-17-19-9-6-8-18(14-19)15-23-21(22-2)25(4)16-20-10-7-11-24(20)3;/h6-11,14H,5,12-13,15-17H2,1-4H3,(H,22,23);1H. The maximum absolute atomic E-state index is 5.65. The van der Waals surface area contributed by atoms with Crippen LogP contribution in [0.4, 0.5) is 0 Å². The van der Waals surface area contributed by atoms with Crippen molar-refractivity contribution >= 4 is 29.9 Å². The lowest BCUT2D eigenvalue weighted by Gasteiger charge is -2.22. The fourth-order valence-corrected chi connectivity index (χ4v) is 2.83. The summed E-state index contributed by atoms with van der Waals surface area (Å²) in [5.74, 6) is 0.870. The Bertz CT molecular complexity index is 718. The van der Waals surface area contributed by atoms with E-state index in [0.717, 1.165) is 31.2 Å². The van der Waals surface area contributed by atoms with Crippen LogP contribution in [0.2, 0.25) is 0 Å². The lowest BCUT2D eigenvalue weighted by atomic mass is 10.1. The molecule has 1 aromatic carbocycles. The number of benzene rings is 1. The molecule has 28 heavy (non-hydrogen) atoms. The molecule has 1 heterocycles. The van der Waals surface area contributed by atoms with Crippen molar-refractivity contribution < 1.29 is 9.47 Å². The summed E-state index contributed by atoms with van der Waals surface area (Å²) in [5, 5.41) is 3.43. The zero-order chi connectivity index (χ0) is 19.5. The second kappa shape index (κ2) is 13.6. The summed E-state index contributed by atoms with van der Waals surface area (Å²) in [7, 11) is 5.92. The van der Waals surface area contributed by atoms with Gasteiger partial charge >= 0.3 is 0 Å². The summed E-state index contributed by atoms with van der Waals surface area (Å²) < 4.78 is 13.1. The van der Waals surface area contributed by atoms with E-state index in [0.29, 0.717) is 19.8 Å². The second-order valence-corrected chi connectivity index (χ2v) is 6.44. The lowest BCUT2D eigenvalue weighted by molar-refractivity contribution is 0.0453. The minimum Gasteiger partial charge on any atom is -0.379 e. The van der Waals surface area contributed by atoms with Crippen LogP contribution in [0.15, 0.2) is 47.6 Å². The third kappa shape index (κ3) is 8.20. The van der Waals surface area contributed by atoms with E-state index in [2.05, 4.69) is 69.4 Å². The van der Waals surface area contributed by atoms with Crippen molar-refractivity contribution in [3.63, 3.8) is 0 Å². The first-order chi connectivity index (χ1) is 13.1. The molecule has 0 aliphatic carbocycles. The van der Waals surface area contributed by atoms with Gasteiger partial charge in [0.15, 0.2) is 5.96 Å². The molecule has 1 N–H and O–H groups in total. The van der Waals surface area contributed by atoms with Gasteiger partial charge in [-0.25, -0.2) is 0 Å². The quantitative estimate of drug-likeness (QED) is 0.235. The number of ether oxygens (including phenoxy) is 2. The van der Waals surface area contributed by atoms with E-state index in [1.165, 1.54) is 11.3 Å². The number of aryl methyl sites for hydroxylation is 1. The first kappa shape index (κ1) is 24.5. The van der Waals surface area contributed by atoms with Gasteiger partial charge in [0.25, 0.3) is 0 Å². The van der Waals surface area contributed by atoms with E-state index >= 15 is 0 Å². The van der Waals surface area contributed by atoms with Gasteiger partial charge in [0.05, 0.1) is 26.4 Å². The van der Waals surface area contributed by atoms with Gasteiger partial charge in [0.1, 0.15) is 0 Å². The molecule has 0 radical (unpaired) electrons. The van der Waals surface area contributed by atoms with Gasteiger partial charge in [0.2, 0.25) is 0 Å². The number of rotatable bonds is 10. The Morgan fingerprint density at radius 1 is 1.14 bits per heavy atom. The average Bonchev–Trinajstić information content (AvgIpc) is 3.07. The monoisotopic (exact) mass is 500 g/mol. The molecule has 2 rings (SSSR count). The summed E-state index contributed by atoms with van der Waals surface area (Å²) in [4.78, 5) is 6.52. The predicted octanol–water partition coefficient (Wildman–Crippen LogP) is 3.40. The van der Waals surface area contributed by atoms with Gasteiger partial charge in [-0.2, -0.15) is 0 Å². The number of nitrogens with zero attached hydrogens (tertiary/aromatic N) is 3. The molecule has 0 saturated carbocycles. The lowest BCUT2D eigenvalue weighted by Crippen LogP contribution is -2.38. The van der Waals surface area contributed by atoms with Crippen LogP contribution in [-0.2, 0) is 36.2 Å². The zero-order valence-corrected chi connectivity index (χ0v) is 19.7. The van der Waals surface area contributed by atoms with Crippen molar-refractivity contribution in [2.45, 2.75) is 26.6 Å². The number of nitrogens with one attached hydrogen (secondary N) is 1. The third-order valence-corrected chi connectivity index (χ3v) is 4.31. The number of aromatic nitrogens is 1. The number of hydrogen-bond donors (Lipinski definition) is 1. The Labute approximate surface area is 185 Å². The van der Waals surface area contributed by atoms with Gasteiger partial charge in [-0.05, 0) is 30.2 Å². The Kier molecular flexibility index (Phi) is 11.9. The van der Waals surface area contributed by atoms with Crippen LogP contribution >= 0.6 is 24.0 Å².